The van der Waals surface area contributed by atoms with Gasteiger partial charge in [0.15, 0.2) is 0 Å². The van der Waals surface area contributed by atoms with Crippen molar-refractivity contribution in [1.82, 2.24) is 10.2 Å². The molecule has 1 N–H and O–H groups in total. The molecule has 3 nitrogen and oxygen atoms in total. The van der Waals surface area contributed by atoms with Gasteiger partial charge in [0.05, 0.1) is 0 Å². The lowest BCUT2D eigenvalue weighted by molar-refractivity contribution is 0.200. The minimum absolute atomic E-state index is 0.0417. The van der Waals surface area contributed by atoms with E-state index in [0.29, 0.717) is 16.6 Å². The summed E-state index contributed by atoms with van der Waals surface area (Å²) in [5.74, 6) is 0. The summed E-state index contributed by atoms with van der Waals surface area (Å²) in [4.78, 5) is 14.0. The Morgan fingerprint density at radius 1 is 1.05 bits per heavy atom. The SMILES string of the molecule is O=C(NCCc1cc(Cl)cc(Cl)c1)N1CCCCCC1. The molecule has 2 amide bonds. The van der Waals surface area contributed by atoms with Crippen LogP contribution in [0.5, 0.6) is 0 Å². The van der Waals surface area contributed by atoms with Gasteiger partial charge in [-0.3, -0.25) is 0 Å². The molecule has 0 aliphatic carbocycles. The second kappa shape index (κ2) is 7.75. The minimum Gasteiger partial charge on any atom is -0.338 e. The molecule has 0 saturated carbocycles. The Hall–Kier alpha value is -0.930. The molecule has 5 heteroatoms. The minimum atomic E-state index is 0.0417. The lowest BCUT2D eigenvalue weighted by Crippen LogP contribution is -2.41. The predicted octanol–water partition coefficient (Wildman–Crippen LogP) is 4.12. The van der Waals surface area contributed by atoms with Crippen LogP contribution in [0.3, 0.4) is 0 Å². The third kappa shape index (κ3) is 4.88. The van der Waals surface area contributed by atoms with Gasteiger partial charge in [0.1, 0.15) is 0 Å². The van der Waals surface area contributed by atoms with Crippen LogP contribution in [0.15, 0.2) is 18.2 Å². The number of rotatable bonds is 3. The van der Waals surface area contributed by atoms with E-state index in [4.69, 9.17) is 23.2 Å². The molecule has 1 aliphatic heterocycles. The van der Waals surface area contributed by atoms with Crippen LogP contribution >= 0.6 is 23.2 Å². The largest absolute Gasteiger partial charge is 0.338 e. The van der Waals surface area contributed by atoms with Crippen LogP contribution in [0.4, 0.5) is 4.79 Å². The highest BCUT2D eigenvalue weighted by Crippen LogP contribution is 2.19. The number of carbonyl (C=O) groups is 1. The summed E-state index contributed by atoms with van der Waals surface area (Å²) in [5.41, 5.74) is 1.04. The maximum Gasteiger partial charge on any atom is 0.317 e. The average molecular weight is 315 g/mol. The van der Waals surface area contributed by atoms with E-state index in [1.54, 1.807) is 6.07 Å². The second-order valence-electron chi connectivity index (χ2n) is 5.16. The van der Waals surface area contributed by atoms with E-state index in [1.807, 2.05) is 17.0 Å². The molecule has 1 aliphatic rings. The van der Waals surface area contributed by atoms with Crippen LogP contribution in [0.25, 0.3) is 0 Å². The molecule has 1 aromatic rings. The summed E-state index contributed by atoms with van der Waals surface area (Å²) in [6.07, 6.45) is 5.41. The molecule has 0 radical (unpaired) electrons. The lowest BCUT2D eigenvalue weighted by Gasteiger charge is -2.20. The monoisotopic (exact) mass is 314 g/mol. The van der Waals surface area contributed by atoms with Crippen LogP contribution in [-0.2, 0) is 6.42 Å². The number of amides is 2. The van der Waals surface area contributed by atoms with Gasteiger partial charge >= 0.3 is 6.03 Å². The van der Waals surface area contributed by atoms with Crippen molar-refractivity contribution in [3.8, 4) is 0 Å². The van der Waals surface area contributed by atoms with E-state index in [9.17, 15) is 4.79 Å². The normalized spacial score (nSPS) is 15.8. The Kier molecular flexibility index (Phi) is 5.99. The highest BCUT2D eigenvalue weighted by Gasteiger charge is 2.14. The molecule has 0 aromatic heterocycles. The van der Waals surface area contributed by atoms with Crippen LogP contribution in [0, 0.1) is 0 Å². The summed E-state index contributed by atoms with van der Waals surface area (Å²) in [5, 5.41) is 4.23. The number of urea groups is 1. The molecule has 1 saturated heterocycles. The summed E-state index contributed by atoms with van der Waals surface area (Å²) >= 11 is 11.9. The van der Waals surface area contributed by atoms with Crippen molar-refractivity contribution in [2.75, 3.05) is 19.6 Å². The third-order valence-corrected chi connectivity index (χ3v) is 3.94. The van der Waals surface area contributed by atoms with Crippen molar-refractivity contribution in [2.24, 2.45) is 0 Å². The van der Waals surface area contributed by atoms with Crippen LogP contribution < -0.4 is 5.32 Å². The zero-order chi connectivity index (χ0) is 14.4. The van der Waals surface area contributed by atoms with Crippen molar-refractivity contribution in [2.45, 2.75) is 32.1 Å². The fraction of sp³-hybridized carbons (Fsp3) is 0.533. The molecule has 0 atom stereocenters. The molecule has 0 spiro atoms. The Labute approximate surface area is 130 Å². The number of benzene rings is 1. The second-order valence-corrected chi connectivity index (χ2v) is 6.03. The number of nitrogens with zero attached hydrogens (tertiary/aromatic N) is 1. The summed E-state index contributed by atoms with van der Waals surface area (Å²) < 4.78 is 0. The van der Waals surface area contributed by atoms with Crippen LogP contribution in [-0.4, -0.2) is 30.6 Å². The molecule has 0 bridgehead atoms. The Balaban J connectivity index is 1.78. The number of likely N-dealkylation sites (tertiary alicyclic amines) is 1. The van der Waals surface area contributed by atoms with Gasteiger partial charge in [-0.1, -0.05) is 36.0 Å². The van der Waals surface area contributed by atoms with Gasteiger partial charge < -0.3 is 10.2 Å². The van der Waals surface area contributed by atoms with Crippen molar-refractivity contribution in [3.05, 3.63) is 33.8 Å². The predicted molar refractivity (Wildman–Crippen MR) is 83.6 cm³/mol. The smallest absolute Gasteiger partial charge is 0.317 e. The van der Waals surface area contributed by atoms with E-state index in [0.717, 1.165) is 37.9 Å². The maximum absolute atomic E-state index is 12.0. The molecule has 20 heavy (non-hydrogen) atoms. The fourth-order valence-electron chi connectivity index (χ4n) is 2.45. The van der Waals surface area contributed by atoms with Gasteiger partial charge in [-0.05, 0) is 43.0 Å². The highest BCUT2D eigenvalue weighted by molar-refractivity contribution is 6.34. The van der Waals surface area contributed by atoms with E-state index in [-0.39, 0.29) is 6.03 Å². The summed E-state index contributed by atoms with van der Waals surface area (Å²) in [6, 6.07) is 5.51. The fourth-order valence-corrected chi connectivity index (χ4v) is 3.03. The molecule has 1 aromatic carbocycles. The summed E-state index contributed by atoms with van der Waals surface area (Å²) in [6.45, 7) is 2.34. The number of hydrogen-bond donors (Lipinski definition) is 1. The third-order valence-electron chi connectivity index (χ3n) is 3.51. The van der Waals surface area contributed by atoms with Gasteiger partial charge in [-0.15, -0.1) is 0 Å². The molecular formula is C15H20Cl2N2O. The van der Waals surface area contributed by atoms with Crippen LogP contribution in [0.2, 0.25) is 10.0 Å². The number of halogens is 2. The van der Waals surface area contributed by atoms with Gasteiger partial charge in [0, 0.05) is 29.7 Å². The average Bonchev–Trinajstić information content (AvgIpc) is 2.66. The Bertz CT molecular complexity index is 437. The van der Waals surface area contributed by atoms with Gasteiger partial charge in [0.2, 0.25) is 0 Å². The van der Waals surface area contributed by atoms with E-state index in [2.05, 4.69) is 5.32 Å². The number of hydrogen-bond acceptors (Lipinski definition) is 1. The molecular weight excluding hydrogens is 295 g/mol. The van der Waals surface area contributed by atoms with E-state index < -0.39 is 0 Å². The first-order valence-corrected chi connectivity index (χ1v) is 7.88. The molecule has 110 valence electrons. The van der Waals surface area contributed by atoms with Gasteiger partial charge in [-0.25, -0.2) is 4.79 Å². The first-order valence-electron chi connectivity index (χ1n) is 7.13. The zero-order valence-electron chi connectivity index (χ0n) is 11.5. The standard InChI is InChI=1S/C15H20Cl2N2O/c16-13-9-12(10-14(17)11-13)5-6-18-15(20)19-7-3-1-2-4-8-19/h9-11H,1-8H2,(H,18,20). The first-order chi connectivity index (χ1) is 9.65. The topological polar surface area (TPSA) is 32.3 Å². The Morgan fingerprint density at radius 2 is 1.65 bits per heavy atom. The first kappa shape index (κ1) is 15.5. The number of nitrogens with one attached hydrogen (secondary N) is 1. The van der Waals surface area contributed by atoms with Gasteiger partial charge in [-0.2, -0.15) is 0 Å². The maximum atomic E-state index is 12.0. The van der Waals surface area contributed by atoms with Gasteiger partial charge in [0.25, 0.3) is 0 Å². The van der Waals surface area contributed by atoms with Crippen molar-refractivity contribution in [3.63, 3.8) is 0 Å². The van der Waals surface area contributed by atoms with E-state index >= 15 is 0 Å². The quantitative estimate of drug-likeness (QED) is 0.894. The van der Waals surface area contributed by atoms with E-state index in [1.165, 1.54) is 12.8 Å². The molecule has 1 fully saturated rings. The van der Waals surface area contributed by atoms with Crippen molar-refractivity contribution < 1.29 is 4.79 Å². The lowest BCUT2D eigenvalue weighted by atomic mass is 10.1. The van der Waals surface area contributed by atoms with Crippen molar-refractivity contribution >= 4 is 29.2 Å². The highest BCUT2D eigenvalue weighted by atomic mass is 35.5. The molecule has 1 heterocycles. The van der Waals surface area contributed by atoms with Crippen molar-refractivity contribution in [1.29, 1.82) is 0 Å². The molecule has 2 rings (SSSR count). The number of carbonyl (C=O) groups excluding carboxylic acids is 1. The Morgan fingerprint density at radius 3 is 2.25 bits per heavy atom. The van der Waals surface area contributed by atoms with Crippen LogP contribution in [0.1, 0.15) is 31.2 Å². The summed E-state index contributed by atoms with van der Waals surface area (Å²) in [7, 11) is 0. The molecule has 0 unspecified atom stereocenters. The zero-order valence-corrected chi connectivity index (χ0v) is 13.0.